The standard InChI is InChI=1S/C15H20N4O3S2/c1-2-5-18-6-8-19(9-7-18)24(21,22)15-10-12(11-23-15)13-3-4-14(20)17-16-13/h3-4,10-11H,2,5-9H2,1H3,(H,17,20). The van der Waals surface area contributed by atoms with E-state index in [0.29, 0.717) is 28.6 Å². The predicted octanol–water partition coefficient (Wildman–Crippen LogP) is 1.21. The normalized spacial score (nSPS) is 17.2. The Bertz CT molecular complexity index is 831. The molecule has 0 aromatic carbocycles. The number of nitrogens with one attached hydrogen (secondary N) is 1. The molecule has 2 aromatic heterocycles. The van der Waals surface area contributed by atoms with Crippen LogP contribution in [0.5, 0.6) is 0 Å². The van der Waals surface area contributed by atoms with E-state index in [9.17, 15) is 13.2 Å². The lowest BCUT2D eigenvalue weighted by Gasteiger charge is -2.33. The number of piperazine rings is 1. The first kappa shape index (κ1) is 17.3. The number of thiophene rings is 1. The minimum atomic E-state index is -3.47. The lowest BCUT2D eigenvalue weighted by atomic mass is 10.2. The molecule has 7 nitrogen and oxygen atoms in total. The highest BCUT2D eigenvalue weighted by Crippen LogP contribution is 2.29. The molecule has 0 atom stereocenters. The summed E-state index contributed by atoms with van der Waals surface area (Å²) in [5.41, 5.74) is 0.964. The highest BCUT2D eigenvalue weighted by Gasteiger charge is 2.29. The molecule has 0 unspecified atom stereocenters. The van der Waals surface area contributed by atoms with Gasteiger partial charge in [-0.2, -0.15) is 9.40 Å². The molecular weight excluding hydrogens is 348 g/mol. The van der Waals surface area contributed by atoms with E-state index in [1.54, 1.807) is 21.8 Å². The Labute approximate surface area is 145 Å². The SMILES string of the molecule is CCCN1CCN(S(=O)(=O)c2cc(-c3ccc(=O)[nH]n3)cs2)CC1. The van der Waals surface area contributed by atoms with Gasteiger partial charge in [-0.15, -0.1) is 11.3 Å². The van der Waals surface area contributed by atoms with Crippen molar-refractivity contribution in [3.05, 3.63) is 33.9 Å². The van der Waals surface area contributed by atoms with Gasteiger partial charge in [-0.25, -0.2) is 13.5 Å². The summed E-state index contributed by atoms with van der Waals surface area (Å²) in [6, 6.07) is 4.58. The third-order valence-electron chi connectivity index (χ3n) is 4.02. The second-order valence-electron chi connectivity index (χ2n) is 5.71. The second kappa shape index (κ2) is 7.14. The van der Waals surface area contributed by atoms with Crippen LogP contribution in [0.1, 0.15) is 13.3 Å². The van der Waals surface area contributed by atoms with Crippen LogP contribution in [0.3, 0.4) is 0 Å². The van der Waals surface area contributed by atoms with Crippen LogP contribution < -0.4 is 5.56 Å². The maximum atomic E-state index is 12.8. The summed E-state index contributed by atoms with van der Waals surface area (Å²) in [5, 5.41) is 8.05. The number of sulfonamides is 1. The first-order valence-electron chi connectivity index (χ1n) is 7.88. The molecule has 0 amide bonds. The molecule has 130 valence electrons. The third-order valence-corrected chi connectivity index (χ3v) is 7.33. The van der Waals surface area contributed by atoms with Gasteiger partial charge in [0.25, 0.3) is 15.6 Å². The van der Waals surface area contributed by atoms with Crippen LogP contribution in [0.15, 0.2) is 32.6 Å². The molecule has 0 saturated carbocycles. The van der Waals surface area contributed by atoms with E-state index in [2.05, 4.69) is 22.0 Å². The van der Waals surface area contributed by atoms with Gasteiger partial charge in [-0.3, -0.25) is 4.79 Å². The summed E-state index contributed by atoms with van der Waals surface area (Å²) in [5.74, 6) is 0. The van der Waals surface area contributed by atoms with Gasteiger partial charge in [0.05, 0.1) is 5.69 Å². The Morgan fingerprint density at radius 3 is 2.62 bits per heavy atom. The van der Waals surface area contributed by atoms with E-state index in [-0.39, 0.29) is 5.56 Å². The lowest BCUT2D eigenvalue weighted by molar-refractivity contribution is 0.189. The molecule has 1 aliphatic rings. The highest BCUT2D eigenvalue weighted by atomic mass is 32.2. The zero-order chi connectivity index (χ0) is 17.2. The quantitative estimate of drug-likeness (QED) is 0.857. The van der Waals surface area contributed by atoms with Gasteiger partial charge in [0.15, 0.2) is 0 Å². The van der Waals surface area contributed by atoms with Gasteiger partial charge in [0, 0.05) is 43.2 Å². The van der Waals surface area contributed by atoms with Gasteiger partial charge >= 0.3 is 0 Å². The summed E-state index contributed by atoms with van der Waals surface area (Å²) in [7, 11) is -3.47. The lowest BCUT2D eigenvalue weighted by Crippen LogP contribution is -2.48. The zero-order valence-electron chi connectivity index (χ0n) is 13.4. The Balaban J connectivity index is 1.76. The number of aromatic amines is 1. The topological polar surface area (TPSA) is 86.4 Å². The molecule has 1 saturated heterocycles. The summed E-state index contributed by atoms with van der Waals surface area (Å²) in [6.45, 7) is 5.72. The number of hydrogen-bond donors (Lipinski definition) is 1. The monoisotopic (exact) mass is 368 g/mol. The van der Waals surface area contributed by atoms with E-state index in [4.69, 9.17) is 0 Å². The molecule has 0 bridgehead atoms. The number of H-pyrrole nitrogens is 1. The van der Waals surface area contributed by atoms with Crippen molar-refractivity contribution >= 4 is 21.4 Å². The Morgan fingerprint density at radius 1 is 1.25 bits per heavy atom. The molecule has 3 rings (SSSR count). The summed E-state index contributed by atoms with van der Waals surface area (Å²) in [4.78, 5) is 13.4. The smallest absolute Gasteiger partial charge is 0.264 e. The first-order valence-corrected chi connectivity index (χ1v) is 10.2. The molecule has 24 heavy (non-hydrogen) atoms. The Morgan fingerprint density at radius 2 is 2.00 bits per heavy atom. The van der Waals surface area contributed by atoms with Crippen molar-refractivity contribution in [1.82, 2.24) is 19.4 Å². The van der Waals surface area contributed by atoms with E-state index >= 15 is 0 Å². The van der Waals surface area contributed by atoms with E-state index in [1.165, 1.54) is 17.4 Å². The summed E-state index contributed by atoms with van der Waals surface area (Å²) in [6.07, 6.45) is 1.08. The van der Waals surface area contributed by atoms with Gasteiger partial charge in [0.1, 0.15) is 4.21 Å². The molecule has 3 heterocycles. The van der Waals surface area contributed by atoms with E-state index < -0.39 is 10.0 Å². The summed E-state index contributed by atoms with van der Waals surface area (Å²) < 4.78 is 27.4. The van der Waals surface area contributed by atoms with Crippen LogP contribution in [0, 0.1) is 0 Å². The van der Waals surface area contributed by atoms with Crippen LogP contribution in [0.2, 0.25) is 0 Å². The molecular formula is C15H20N4O3S2. The average molecular weight is 368 g/mol. The Kier molecular flexibility index (Phi) is 5.14. The fraction of sp³-hybridized carbons (Fsp3) is 0.467. The summed E-state index contributed by atoms with van der Waals surface area (Å²) >= 11 is 1.18. The van der Waals surface area contributed by atoms with Crippen LogP contribution in [0.4, 0.5) is 0 Å². The molecule has 0 radical (unpaired) electrons. The van der Waals surface area contributed by atoms with Gasteiger partial charge in [-0.1, -0.05) is 6.92 Å². The van der Waals surface area contributed by atoms with Crippen LogP contribution in [-0.4, -0.2) is 60.5 Å². The van der Waals surface area contributed by atoms with E-state index in [1.807, 2.05) is 0 Å². The van der Waals surface area contributed by atoms with Crippen molar-refractivity contribution in [3.63, 3.8) is 0 Å². The van der Waals surface area contributed by atoms with Gasteiger partial charge < -0.3 is 4.90 Å². The van der Waals surface area contributed by atoms with E-state index in [0.717, 1.165) is 26.1 Å². The Hall–Kier alpha value is -1.55. The van der Waals surface area contributed by atoms with Crippen molar-refractivity contribution in [3.8, 4) is 11.3 Å². The molecule has 1 N–H and O–H groups in total. The number of aromatic nitrogens is 2. The number of hydrogen-bond acceptors (Lipinski definition) is 6. The van der Waals surface area contributed by atoms with Crippen molar-refractivity contribution in [2.75, 3.05) is 32.7 Å². The molecule has 1 aliphatic heterocycles. The largest absolute Gasteiger partial charge is 0.301 e. The predicted molar refractivity (Wildman–Crippen MR) is 93.7 cm³/mol. The van der Waals surface area contributed by atoms with Crippen molar-refractivity contribution in [1.29, 1.82) is 0 Å². The minimum Gasteiger partial charge on any atom is -0.301 e. The van der Waals surface area contributed by atoms with Crippen molar-refractivity contribution < 1.29 is 8.42 Å². The molecule has 2 aromatic rings. The molecule has 0 spiro atoms. The first-order chi connectivity index (χ1) is 11.5. The van der Waals surface area contributed by atoms with Crippen LogP contribution >= 0.6 is 11.3 Å². The van der Waals surface area contributed by atoms with Crippen molar-refractivity contribution in [2.45, 2.75) is 17.6 Å². The molecule has 9 heteroatoms. The average Bonchev–Trinajstić information content (AvgIpc) is 3.07. The zero-order valence-corrected chi connectivity index (χ0v) is 15.1. The molecule has 0 aliphatic carbocycles. The third kappa shape index (κ3) is 3.59. The van der Waals surface area contributed by atoms with Gasteiger partial charge in [0.2, 0.25) is 0 Å². The minimum absolute atomic E-state index is 0.285. The number of rotatable bonds is 5. The maximum absolute atomic E-state index is 12.8. The fourth-order valence-electron chi connectivity index (χ4n) is 2.73. The number of nitrogens with zero attached hydrogens (tertiary/aromatic N) is 3. The van der Waals surface area contributed by atoms with Crippen LogP contribution in [0.25, 0.3) is 11.3 Å². The fourth-order valence-corrected chi connectivity index (χ4v) is 5.48. The second-order valence-corrected chi connectivity index (χ2v) is 8.78. The van der Waals surface area contributed by atoms with Crippen molar-refractivity contribution in [2.24, 2.45) is 0 Å². The highest BCUT2D eigenvalue weighted by molar-refractivity contribution is 7.91. The molecule has 1 fully saturated rings. The maximum Gasteiger partial charge on any atom is 0.264 e. The van der Waals surface area contributed by atoms with Crippen LogP contribution in [-0.2, 0) is 10.0 Å². The van der Waals surface area contributed by atoms with Gasteiger partial charge in [-0.05, 0) is 25.1 Å².